The van der Waals surface area contributed by atoms with Gasteiger partial charge in [0.25, 0.3) is 15.9 Å². The Hall–Kier alpha value is -3.20. The van der Waals surface area contributed by atoms with E-state index in [1.807, 2.05) is 32.8 Å². The van der Waals surface area contributed by atoms with Gasteiger partial charge in [-0.15, -0.1) is 0 Å². The van der Waals surface area contributed by atoms with Crippen LogP contribution in [0.2, 0.25) is 0 Å². The minimum Gasteiger partial charge on any atom is -0.490 e. The Kier molecular flexibility index (Phi) is 14.1. The summed E-state index contributed by atoms with van der Waals surface area (Å²) in [6.45, 7) is 10.3. The molecule has 0 bridgehead atoms. The number of amides is 2. The highest BCUT2D eigenvalue weighted by atomic mass is 32.2. The molecule has 1 aliphatic rings. The van der Waals surface area contributed by atoms with Gasteiger partial charge in [0.2, 0.25) is 5.91 Å². The summed E-state index contributed by atoms with van der Waals surface area (Å²) in [7, 11) is 1.65. The van der Waals surface area contributed by atoms with Crippen molar-refractivity contribution in [1.82, 2.24) is 19.9 Å². The number of aromatic nitrogens is 1. The van der Waals surface area contributed by atoms with Crippen LogP contribution in [0.15, 0.2) is 27.6 Å². The first-order valence-corrected chi connectivity index (χ1v) is 17.8. The maximum atomic E-state index is 14.3. The van der Waals surface area contributed by atoms with Gasteiger partial charge >= 0.3 is 0 Å². The van der Waals surface area contributed by atoms with Crippen LogP contribution in [0.1, 0.15) is 74.7 Å². The fraction of sp³-hybridized carbons (Fsp3) is 0.667. The standard InChI is InChI=1S/C33H53N5O8S/c1-22-19-38(23(2)21-39)33(41)28-18-27(35-47(42,43)32-25(4)34-46-26(32)5)14-15-29(28)45-24(3)12-9-10-17-44-30(22)20-37(8)31(40)13-11-16-36(6)7/h14-15,18,22-24,30,35,39H,9-13,16-17,19-21H2,1-8H3/t22-,23+,24+,30+/m1/s1. The number of sulfonamides is 1. The minimum absolute atomic E-state index is 0.0326. The summed E-state index contributed by atoms with van der Waals surface area (Å²) in [5.41, 5.74) is 0.539. The van der Waals surface area contributed by atoms with E-state index in [0.29, 0.717) is 31.7 Å². The van der Waals surface area contributed by atoms with Crippen molar-refractivity contribution < 1.29 is 37.1 Å². The van der Waals surface area contributed by atoms with Gasteiger partial charge in [-0.1, -0.05) is 12.1 Å². The third-order valence-corrected chi connectivity index (χ3v) is 10.0. The van der Waals surface area contributed by atoms with E-state index in [1.54, 1.807) is 42.8 Å². The molecule has 1 aromatic carbocycles. The molecule has 47 heavy (non-hydrogen) atoms. The molecule has 0 spiro atoms. The normalized spacial score (nSPS) is 20.7. The largest absolute Gasteiger partial charge is 0.490 e. The lowest BCUT2D eigenvalue weighted by atomic mass is 10.0. The first-order valence-electron chi connectivity index (χ1n) is 16.3. The van der Waals surface area contributed by atoms with Crippen LogP contribution in [-0.2, 0) is 19.6 Å². The Labute approximate surface area is 279 Å². The molecule has 1 aliphatic heterocycles. The summed E-state index contributed by atoms with van der Waals surface area (Å²) >= 11 is 0. The first-order chi connectivity index (χ1) is 22.1. The van der Waals surface area contributed by atoms with E-state index in [0.717, 1.165) is 25.8 Å². The number of fused-ring (bicyclic) bond motifs is 1. The highest BCUT2D eigenvalue weighted by Gasteiger charge is 2.32. The minimum atomic E-state index is -4.08. The lowest BCUT2D eigenvalue weighted by Gasteiger charge is -2.36. The van der Waals surface area contributed by atoms with Crippen LogP contribution in [0.25, 0.3) is 0 Å². The Balaban J connectivity index is 1.95. The number of aliphatic hydroxyl groups is 1. The summed E-state index contributed by atoms with van der Waals surface area (Å²) in [6, 6.07) is 4.03. The number of hydrogen-bond acceptors (Lipinski definition) is 10. The van der Waals surface area contributed by atoms with E-state index in [-0.39, 0.29) is 64.8 Å². The quantitative estimate of drug-likeness (QED) is 0.359. The van der Waals surface area contributed by atoms with Gasteiger partial charge < -0.3 is 33.8 Å². The lowest BCUT2D eigenvalue weighted by molar-refractivity contribution is -0.132. The molecule has 0 saturated carbocycles. The summed E-state index contributed by atoms with van der Waals surface area (Å²) in [6.07, 6.45) is 2.92. The second-order valence-electron chi connectivity index (χ2n) is 13.0. The number of anilines is 1. The number of nitrogens with zero attached hydrogens (tertiary/aromatic N) is 4. The first kappa shape index (κ1) is 38.2. The van der Waals surface area contributed by atoms with E-state index in [2.05, 4.69) is 9.88 Å². The Morgan fingerprint density at radius 1 is 1.19 bits per heavy atom. The van der Waals surface area contributed by atoms with Crippen molar-refractivity contribution in [3.05, 3.63) is 35.2 Å². The maximum Gasteiger partial charge on any atom is 0.267 e. The molecule has 0 saturated heterocycles. The van der Waals surface area contributed by atoms with Gasteiger partial charge in [-0.2, -0.15) is 0 Å². The number of carbonyl (C=O) groups is 2. The van der Waals surface area contributed by atoms with Crippen molar-refractivity contribution in [2.75, 3.05) is 58.7 Å². The van der Waals surface area contributed by atoms with E-state index in [4.69, 9.17) is 14.0 Å². The summed E-state index contributed by atoms with van der Waals surface area (Å²) < 4.78 is 46.8. The number of carbonyl (C=O) groups excluding carboxylic acids is 2. The second kappa shape index (κ2) is 17.3. The van der Waals surface area contributed by atoms with Gasteiger partial charge in [-0.3, -0.25) is 14.3 Å². The van der Waals surface area contributed by atoms with Crippen LogP contribution in [0, 0.1) is 19.8 Å². The predicted octanol–water partition coefficient (Wildman–Crippen LogP) is 3.69. The molecular formula is C33H53N5O8S. The molecule has 4 atom stereocenters. The van der Waals surface area contributed by atoms with Crippen LogP contribution in [-0.4, -0.2) is 117 Å². The van der Waals surface area contributed by atoms with E-state index >= 15 is 0 Å². The molecule has 3 rings (SSSR count). The van der Waals surface area contributed by atoms with Crippen molar-refractivity contribution in [2.45, 2.75) is 89.9 Å². The van der Waals surface area contributed by atoms with Crippen LogP contribution in [0.4, 0.5) is 5.69 Å². The van der Waals surface area contributed by atoms with Gasteiger partial charge in [0.1, 0.15) is 11.4 Å². The smallest absolute Gasteiger partial charge is 0.267 e. The van der Waals surface area contributed by atoms with Crippen LogP contribution < -0.4 is 9.46 Å². The Morgan fingerprint density at radius 2 is 1.91 bits per heavy atom. The fourth-order valence-corrected chi connectivity index (χ4v) is 7.00. The number of benzene rings is 1. The van der Waals surface area contributed by atoms with Crippen molar-refractivity contribution in [2.24, 2.45) is 5.92 Å². The molecule has 0 unspecified atom stereocenters. The third kappa shape index (κ3) is 10.6. The molecule has 2 amide bonds. The zero-order chi connectivity index (χ0) is 34.9. The van der Waals surface area contributed by atoms with Crippen molar-refractivity contribution >= 4 is 27.5 Å². The SMILES string of the molecule is Cc1noc(C)c1S(=O)(=O)Nc1ccc2c(c1)C(=O)N([C@@H](C)CO)C[C@@H](C)[C@H](CN(C)C(=O)CCCN(C)C)OCCCC[C@H](C)O2. The number of hydrogen-bond donors (Lipinski definition) is 2. The zero-order valence-electron chi connectivity index (χ0n) is 29.1. The van der Waals surface area contributed by atoms with Gasteiger partial charge in [-0.25, -0.2) is 8.42 Å². The number of aryl methyl sites for hydroxylation is 2. The Morgan fingerprint density at radius 3 is 2.55 bits per heavy atom. The molecule has 2 N–H and O–H groups in total. The lowest BCUT2D eigenvalue weighted by Crippen LogP contribution is -2.48. The van der Waals surface area contributed by atoms with Gasteiger partial charge in [0, 0.05) is 44.8 Å². The molecule has 2 aromatic rings. The summed E-state index contributed by atoms with van der Waals surface area (Å²) in [5, 5.41) is 14.0. The van der Waals surface area contributed by atoms with Crippen LogP contribution in [0.3, 0.4) is 0 Å². The Bertz CT molecular complexity index is 1430. The topological polar surface area (TPSA) is 155 Å². The van der Waals surface area contributed by atoms with Crippen molar-refractivity contribution in [1.29, 1.82) is 0 Å². The molecule has 264 valence electrons. The number of likely N-dealkylation sites (N-methyl/N-ethyl adjacent to an activating group) is 1. The number of rotatable bonds is 11. The highest BCUT2D eigenvalue weighted by molar-refractivity contribution is 7.92. The molecule has 0 fully saturated rings. The molecule has 0 radical (unpaired) electrons. The number of nitrogens with one attached hydrogen (secondary N) is 1. The number of aliphatic hydroxyl groups excluding tert-OH is 1. The van der Waals surface area contributed by atoms with Crippen molar-refractivity contribution in [3.63, 3.8) is 0 Å². The highest BCUT2D eigenvalue weighted by Crippen LogP contribution is 2.30. The molecule has 0 aliphatic carbocycles. The average Bonchev–Trinajstić information content (AvgIpc) is 3.36. The fourth-order valence-electron chi connectivity index (χ4n) is 5.62. The molecule has 1 aromatic heterocycles. The van der Waals surface area contributed by atoms with E-state index in [9.17, 15) is 23.1 Å². The maximum absolute atomic E-state index is 14.3. The van der Waals surface area contributed by atoms with Gasteiger partial charge in [0.05, 0.1) is 30.4 Å². The predicted molar refractivity (Wildman–Crippen MR) is 179 cm³/mol. The molecule has 2 heterocycles. The molecule has 14 heteroatoms. The van der Waals surface area contributed by atoms with E-state index < -0.39 is 22.0 Å². The van der Waals surface area contributed by atoms with Crippen LogP contribution in [0.5, 0.6) is 5.75 Å². The summed E-state index contributed by atoms with van der Waals surface area (Å²) in [4.78, 5) is 32.5. The van der Waals surface area contributed by atoms with Gasteiger partial charge in [0.15, 0.2) is 10.7 Å². The van der Waals surface area contributed by atoms with Crippen molar-refractivity contribution in [3.8, 4) is 5.75 Å². The van der Waals surface area contributed by atoms with E-state index in [1.165, 1.54) is 13.0 Å². The monoisotopic (exact) mass is 679 g/mol. The second-order valence-corrected chi connectivity index (χ2v) is 14.6. The van der Waals surface area contributed by atoms with Crippen LogP contribution >= 0.6 is 0 Å². The third-order valence-electron chi connectivity index (χ3n) is 8.42. The summed E-state index contributed by atoms with van der Waals surface area (Å²) in [5.74, 6) is -0.139. The number of ether oxygens (including phenoxy) is 2. The molecule has 13 nitrogen and oxygen atoms in total. The average molecular weight is 680 g/mol. The molecular weight excluding hydrogens is 626 g/mol. The zero-order valence-corrected chi connectivity index (χ0v) is 29.9. The van der Waals surface area contributed by atoms with Gasteiger partial charge in [-0.05, 0) is 92.2 Å².